The number of carbonyl (C=O) groups is 2. The summed E-state index contributed by atoms with van der Waals surface area (Å²) in [7, 11) is 0. The topological polar surface area (TPSA) is 112 Å². The Kier molecular flexibility index (Phi) is 9.93. The molecule has 2 atom stereocenters. The smallest absolute Gasteiger partial charge is 0.394 e. The van der Waals surface area contributed by atoms with Crippen molar-refractivity contribution in [3.63, 3.8) is 0 Å². The van der Waals surface area contributed by atoms with Crippen molar-refractivity contribution < 1.29 is 27.9 Å². The number of aromatic nitrogens is 3. The number of nitrogens with zero attached hydrogens (tertiary/aromatic N) is 5. The molecule has 2 N–H and O–H groups in total. The molecule has 2 aromatic rings. The lowest BCUT2D eigenvalue weighted by Crippen LogP contribution is -2.48. The Morgan fingerprint density at radius 2 is 1.94 bits per heavy atom. The van der Waals surface area contributed by atoms with Crippen LogP contribution in [0.3, 0.4) is 0 Å². The number of carbonyl (C=O) groups excluding carboxylic acids is 2. The van der Waals surface area contributed by atoms with Crippen molar-refractivity contribution in [2.75, 3.05) is 29.5 Å². The predicted octanol–water partition coefficient (Wildman–Crippen LogP) is 2.88. The van der Waals surface area contributed by atoms with Gasteiger partial charge in [-0.15, -0.1) is 0 Å². The summed E-state index contributed by atoms with van der Waals surface area (Å²) >= 11 is 0. The minimum absolute atomic E-state index is 0.0591. The van der Waals surface area contributed by atoms with Gasteiger partial charge in [0.25, 0.3) is 5.91 Å². The number of hydrogen-bond acceptors (Lipinski definition) is 7. The van der Waals surface area contributed by atoms with Crippen LogP contribution in [-0.2, 0) is 4.79 Å². The minimum atomic E-state index is -4.77. The second kappa shape index (κ2) is 12.4. The van der Waals surface area contributed by atoms with E-state index in [1.807, 2.05) is 11.8 Å². The molecule has 2 aliphatic heterocycles. The SMILES string of the molecule is CC(=O)N1c2nc(C(=O)NC(CO)C(F)(F)F)ccc2N2CCC1C2.CCC.Cc1cnccn1. The van der Waals surface area contributed by atoms with Crippen LogP contribution in [0.1, 0.15) is 49.8 Å². The van der Waals surface area contributed by atoms with E-state index in [9.17, 15) is 22.8 Å². The molecule has 2 aliphatic rings. The molecule has 192 valence electrons. The fourth-order valence-corrected chi connectivity index (χ4v) is 3.58. The Labute approximate surface area is 202 Å². The quantitative estimate of drug-likeness (QED) is 0.672. The monoisotopic (exact) mass is 496 g/mol. The number of amides is 2. The molecule has 1 saturated heterocycles. The number of aliphatic hydroxyl groups excluding tert-OH is 1. The fourth-order valence-electron chi connectivity index (χ4n) is 3.58. The second-order valence-corrected chi connectivity index (χ2v) is 8.12. The normalized spacial score (nSPS) is 16.7. The van der Waals surface area contributed by atoms with Gasteiger partial charge >= 0.3 is 6.18 Å². The van der Waals surface area contributed by atoms with Gasteiger partial charge < -0.3 is 15.3 Å². The molecule has 0 aromatic carbocycles. The van der Waals surface area contributed by atoms with Gasteiger partial charge in [-0.25, -0.2) is 4.98 Å². The van der Waals surface area contributed by atoms with Crippen molar-refractivity contribution in [1.29, 1.82) is 0 Å². The van der Waals surface area contributed by atoms with Gasteiger partial charge in [0.15, 0.2) is 5.82 Å². The molecule has 2 amide bonds. The van der Waals surface area contributed by atoms with Crippen molar-refractivity contribution in [3.05, 3.63) is 42.1 Å². The van der Waals surface area contributed by atoms with Crippen molar-refractivity contribution in [2.45, 2.75) is 58.8 Å². The number of rotatable bonds is 3. The number of anilines is 2. The number of halogens is 3. The van der Waals surface area contributed by atoms with Crippen LogP contribution in [0.5, 0.6) is 0 Å². The van der Waals surface area contributed by atoms with Gasteiger partial charge in [-0.1, -0.05) is 20.3 Å². The molecule has 2 unspecified atom stereocenters. The first-order valence-corrected chi connectivity index (χ1v) is 11.3. The number of aliphatic hydroxyl groups is 1. The van der Waals surface area contributed by atoms with E-state index in [2.05, 4.69) is 28.8 Å². The van der Waals surface area contributed by atoms with Gasteiger partial charge in [-0.3, -0.25) is 24.5 Å². The molecule has 2 bridgehead atoms. The first kappa shape index (κ1) is 28.0. The maximum absolute atomic E-state index is 12.7. The van der Waals surface area contributed by atoms with Crippen LogP contribution in [0.4, 0.5) is 24.7 Å². The minimum Gasteiger partial charge on any atom is -0.394 e. The first-order valence-electron chi connectivity index (χ1n) is 11.3. The van der Waals surface area contributed by atoms with Crippen molar-refractivity contribution in [2.24, 2.45) is 0 Å². The molecular weight excluding hydrogens is 465 g/mol. The van der Waals surface area contributed by atoms with E-state index in [0.717, 1.165) is 18.7 Å². The Morgan fingerprint density at radius 3 is 2.43 bits per heavy atom. The molecule has 2 aromatic heterocycles. The van der Waals surface area contributed by atoms with E-state index < -0.39 is 24.7 Å². The number of fused-ring (bicyclic) bond motifs is 4. The molecule has 12 heteroatoms. The number of alkyl halides is 3. The van der Waals surface area contributed by atoms with Crippen LogP contribution in [-0.4, -0.2) is 69.8 Å². The largest absolute Gasteiger partial charge is 0.410 e. The van der Waals surface area contributed by atoms with Gasteiger partial charge in [0.1, 0.15) is 11.7 Å². The van der Waals surface area contributed by atoms with E-state index >= 15 is 0 Å². The maximum Gasteiger partial charge on any atom is 0.410 e. The van der Waals surface area contributed by atoms with E-state index in [4.69, 9.17) is 5.11 Å². The van der Waals surface area contributed by atoms with Crippen LogP contribution >= 0.6 is 0 Å². The molecule has 0 spiro atoms. The van der Waals surface area contributed by atoms with Gasteiger partial charge in [0, 0.05) is 38.6 Å². The summed E-state index contributed by atoms with van der Waals surface area (Å²) in [6.45, 7) is 7.69. The number of aryl methyl sites for hydroxylation is 1. The maximum atomic E-state index is 12.7. The molecule has 0 aliphatic carbocycles. The third kappa shape index (κ3) is 7.35. The first-order chi connectivity index (χ1) is 16.5. The number of nitrogens with one attached hydrogen (secondary N) is 1. The van der Waals surface area contributed by atoms with E-state index in [1.54, 1.807) is 30.0 Å². The van der Waals surface area contributed by atoms with Gasteiger partial charge in [-0.05, 0) is 25.5 Å². The number of hydrogen-bond donors (Lipinski definition) is 2. The zero-order valence-corrected chi connectivity index (χ0v) is 20.2. The summed E-state index contributed by atoms with van der Waals surface area (Å²) in [5.74, 6) is -1.02. The summed E-state index contributed by atoms with van der Waals surface area (Å²) in [6.07, 6.45) is 2.30. The third-order valence-electron chi connectivity index (χ3n) is 5.10. The van der Waals surface area contributed by atoms with Crippen LogP contribution in [0, 0.1) is 6.92 Å². The van der Waals surface area contributed by atoms with E-state index in [0.29, 0.717) is 12.2 Å². The Balaban J connectivity index is 0.000000361. The van der Waals surface area contributed by atoms with Crippen LogP contribution in [0.2, 0.25) is 0 Å². The lowest BCUT2D eigenvalue weighted by atomic mass is 10.1. The van der Waals surface area contributed by atoms with Crippen molar-refractivity contribution >= 4 is 23.3 Å². The van der Waals surface area contributed by atoms with Gasteiger partial charge in [-0.2, -0.15) is 13.2 Å². The summed E-state index contributed by atoms with van der Waals surface area (Å²) in [4.78, 5) is 39.5. The highest BCUT2D eigenvalue weighted by Gasteiger charge is 2.42. The zero-order chi connectivity index (χ0) is 26.2. The van der Waals surface area contributed by atoms with E-state index in [-0.39, 0.29) is 23.5 Å². The Bertz CT molecular complexity index is 990. The lowest BCUT2D eigenvalue weighted by Gasteiger charge is -2.35. The molecule has 4 heterocycles. The standard InChI is InChI=1S/C15H17F3N4O3.C5H6N2.C3H8/c1-8(24)22-9-4-5-21(6-9)11-3-2-10(19-13(11)22)14(25)20-12(7-23)15(16,17)18;1-5-4-6-2-3-7-5;1-3-2/h2-3,9,12,23H,4-7H2,1H3,(H,20,25);2-4H,1H3;3H2,1-2H3. The van der Waals surface area contributed by atoms with E-state index in [1.165, 1.54) is 24.3 Å². The lowest BCUT2D eigenvalue weighted by molar-refractivity contribution is -0.161. The average molecular weight is 497 g/mol. The summed E-state index contributed by atoms with van der Waals surface area (Å²) in [6, 6.07) is 0.462. The highest BCUT2D eigenvalue weighted by atomic mass is 19.4. The highest BCUT2D eigenvalue weighted by molar-refractivity contribution is 5.99. The molecule has 0 saturated carbocycles. The van der Waals surface area contributed by atoms with Crippen LogP contribution < -0.4 is 15.1 Å². The highest BCUT2D eigenvalue weighted by Crippen LogP contribution is 2.38. The van der Waals surface area contributed by atoms with Crippen LogP contribution in [0.15, 0.2) is 30.7 Å². The molecule has 35 heavy (non-hydrogen) atoms. The Hall–Kier alpha value is -3.28. The Morgan fingerprint density at radius 1 is 1.26 bits per heavy atom. The predicted molar refractivity (Wildman–Crippen MR) is 125 cm³/mol. The summed E-state index contributed by atoms with van der Waals surface area (Å²) in [5.41, 5.74) is 1.40. The molecule has 9 nitrogen and oxygen atoms in total. The number of pyridine rings is 1. The zero-order valence-electron chi connectivity index (χ0n) is 20.2. The van der Waals surface area contributed by atoms with Gasteiger partial charge in [0.05, 0.1) is 24.0 Å². The van der Waals surface area contributed by atoms with Crippen molar-refractivity contribution in [1.82, 2.24) is 20.3 Å². The van der Waals surface area contributed by atoms with Crippen LogP contribution in [0.25, 0.3) is 0 Å². The molecular formula is C23H31F3N6O3. The molecule has 0 radical (unpaired) electrons. The second-order valence-electron chi connectivity index (χ2n) is 8.12. The van der Waals surface area contributed by atoms with Gasteiger partial charge in [0.2, 0.25) is 5.91 Å². The van der Waals surface area contributed by atoms with Crippen molar-refractivity contribution in [3.8, 4) is 0 Å². The third-order valence-corrected chi connectivity index (χ3v) is 5.10. The average Bonchev–Trinajstić information content (AvgIpc) is 3.21. The summed E-state index contributed by atoms with van der Waals surface area (Å²) in [5, 5.41) is 10.5. The molecule has 4 rings (SSSR count). The fraction of sp³-hybridized carbons (Fsp3) is 0.522. The molecule has 1 fully saturated rings. The summed E-state index contributed by atoms with van der Waals surface area (Å²) < 4.78 is 38.1.